The number of halogens is 3. The topological polar surface area (TPSA) is 83.9 Å². The minimum absolute atomic E-state index is 0.137. The van der Waals surface area contributed by atoms with Crippen LogP contribution in [0.5, 0.6) is 0 Å². The normalized spacial score (nSPS) is 17.5. The molecule has 1 fully saturated rings. The second-order valence-electron chi connectivity index (χ2n) is 3.33. The number of carbonyl (C=O) groups is 1. The van der Waals surface area contributed by atoms with Crippen molar-refractivity contribution in [2.45, 2.75) is 5.51 Å². The molecule has 17 heavy (non-hydrogen) atoms. The van der Waals surface area contributed by atoms with Crippen LogP contribution in [0, 0.1) is 5.92 Å². The molecule has 1 heterocycles. The maximum atomic E-state index is 11.9. The fourth-order valence-corrected chi connectivity index (χ4v) is 1.61. The zero-order valence-electron chi connectivity index (χ0n) is 8.27. The fourth-order valence-electron chi connectivity index (χ4n) is 1.09. The van der Waals surface area contributed by atoms with Crippen LogP contribution in [0.4, 0.5) is 18.0 Å². The second-order valence-corrected chi connectivity index (χ2v) is 4.87. The first-order valence-corrected chi connectivity index (χ1v) is 5.63. The molecule has 0 saturated carbocycles. The average molecular weight is 275 g/mol. The Morgan fingerprint density at radius 2 is 1.88 bits per heavy atom. The molecule has 0 aliphatic carbocycles. The highest BCUT2D eigenvalue weighted by atomic mass is 32.2. The lowest BCUT2D eigenvalue weighted by Crippen LogP contribution is -2.50. The highest BCUT2D eigenvalue weighted by Crippen LogP contribution is 2.30. The summed E-state index contributed by atoms with van der Waals surface area (Å²) >= 11 is 0. The van der Waals surface area contributed by atoms with Crippen molar-refractivity contribution in [3.05, 3.63) is 12.3 Å². The summed E-state index contributed by atoms with van der Waals surface area (Å²) in [6.07, 6.45) is -1.24. The van der Waals surface area contributed by atoms with Crippen molar-refractivity contribution >= 4 is 16.2 Å². The molecule has 0 aromatic rings. The van der Waals surface area contributed by atoms with Gasteiger partial charge in [0.25, 0.3) is 0 Å². The molecule has 98 valence electrons. The minimum atomic E-state index is -5.72. The summed E-state index contributed by atoms with van der Waals surface area (Å²) in [5.74, 6) is -1.36. The van der Waals surface area contributed by atoms with Crippen LogP contribution < -0.4 is 0 Å². The molecule has 1 aliphatic rings. The van der Waals surface area contributed by atoms with Gasteiger partial charge in [-0.25, -0.2) is 4.79 Å². The van der Waals surface area contributed by atoms with E-state index in [1.54, 1.807) is 0 Å². The molecule has 0 atom stereocenters. The third-order valence-electron chi connectivity index (χ3n) is 2.11. The van der Waals surface area contributed by atoms with E-state index in [2.05, 4.69) is 10.8 Å². The average Bonchev–Trinajstić information content (AvgIpc) is 1.95. The molecule has 1 rings (SSSR count). The molecule has 0 radical (unpaired) electrons. The first-order valence-electron chi connectivity index (χ1n) is 4.22. The number of hydrogen-bond acceptors (Lipinski definition) is 4. The lowest BCUT2D eigenvalue weighted by molar-refractivity contribution is -0.0534. The van der Waals surface area contributed by atoms with E-state index < -0.39 is 33.4 Å². The maximum absolute atomic E-state index is 11.9. The zero-order valence-corrected chi connectivity index (χ0v) is 9.08. The van der Waals surface area contributed by atoms with E-state index in [9.17, 15) is 26.4 Å². The molecule has 0 unspecified atom stereocenters. The molecule has 6 nitrogen and oxygen atoms in total. The van der Waals surface area contributed by atoms with E-state index in [0.717, 1.165) is 4.90 Å². The quantitative estimate of drug-likeness (QED) is 0.471. The van der Waals surface area contributed by atoms with Crippen LogP contribution in [0.3, 0.4) is 0 Å². The summed E-state index contributed by atoms with van der Waals surface area (Å²) in [6.45, 7) is 2.77. The van der Waals surface area contributed by atoms with Crippen molar-refractivity contribution < 1.29 is 35.7 Å². The van der Waals surface area contributed by atoms with Gasteiger partial charge in [-0.2, -0.15) is 21.6 Å². The molecule has 1 aliphatic heterocycles. The standard InChI is InChI=1S/C7H8F3NO5S/c1-4(5-2-11(3-5)6(12)13)16-17(14,15)7(8,9)10/h5H,1-3H2,(H,12,13). The van der Waals surface area contributed by atoms with Crippen molar-refractivity contribution in [2.24, 2.45) is 5.92 Å². The van der Waals surface area contributed by atoms with E-state index in [1.807, 2.05) is 0 Å². The Morgan fingerprint density at radius 1 is 1.41 bits per heavy atom. The molecule has 0 aromatic carbocycles. The molecule has 1 N–H and O–H groups in total. The van der Waals surface area contributed by atoms with Gasteiger partial charge in [0.05, 0.1) is 5.92 Å². The minimum Gasteiger partial charge on any atom is -0.465 e. The summed E-state index contributed by atoms with van der Waals surface area (Å²) in [5, 5.41) is 8.45. The lowest BCUT2D eigenvalue weighted by Gasteiger charge is -2.37. The van der Waals surface area contributed by atoms with Crippen molar-refractivity contribution in [3.8, 4) is 0 Å². The highest BCUT2D eigenvalue weighted by molar-refractivity contribution is 7.87. The Bertz CT molecular complexity index is 437. The molecule has 1 amide bonds. The van der Waals surface area contributed by atoms with Crippen LogP contribution in [0.15, 0.2) is 12.3 Å². The number of likely N-dealkylation sites (tertiary alicyclic amines) is 1. The van der Waals surface area contributed by atoms with Crippen molar-refractivity contribution in [1.29, 1.82) is 0 Å². The Morgan fingerprint density at radius 3 is 2.24 bits per heavy atom. The van der Waals surface area contributed by atoms with E-state index >= 15 is 0 Å². The molecule has 10 heteroatoms. The Hall–Kier alpha value is -1.45. The largest absolute Gasteiger partial charge is 0.534 e. The molecule has 0 aromatic heterocycles. The van der Waals surface area contributed by atoms with Gasteiger partial charge in [-0.3, -0.25) is 0 Å². The number of amides is 1. The van der Waals surface area contributed by atoms with Crippen LogP contribution in [-0.4, -0.2) is 43.1 Å². The number of hydrogen-bond donors (Lipinski definition) is 1. The van der Waals surface area contributed by atoms with E-state index in [0.29, 0.717) is 0 Å². The van der Waals surface area contributed by atoms with Gasteiger partial charge in [-0.1, -0.05) is 6.58 Å². The van der Waals surface area contributed by atoms with Crippen LogP contribution in [0.2, 0.25) is 0 Å². The smallest absolute Gasteiger partial charge is 0.465 e. The van der Waals surface area contributed by atoms with Gasteiger partial charge in [-0.05, 0) is 0 Å². The summed E-state index contributed by atoms with van der Waals surface area (Å²) in [6, 6.07) is 0. The van der Waals surface area contributed by atoms with E-state index in [1.165, 1.54) is 0 Å². The van der Waals surface area contributed by atoms with Gasteiger partial charge >= 0.3 is 21.7 Å². The van der Waals surface area contributed by atoms with Gasteiger partial charge in [0, 0.05) is 13.1 Å². The van der Waals surface area contributed by atoms with E-state index in [-0.39, 0.29) is 13.1 Å². The summed E-state index contributed by atoms with van der Waals surface area (Å²) in [5.41, 5.74) is -5.52. The Balaban J connectivity index is 2.56. The van der Waals surface area contributed by atoms with E-state index in [4.69, 9.17) is 5.11 Å². The number of rotatable bonds is 3. The van der Waals surface area contributed by atoms with Crippen molar-refractivity contribution in [1.82, 2.24) is 4.90 Å². The van der Waals surface area contributed by atoms with Gasteiger partial charge in [0.2, 0.25) is 0 Å². The number of carboxylic acid groups (broad SMARTS) is 1. The van der Waals surface area contributed by atoms with Gasteiger partial charge in [0.15, 0.2) is 0 Å². The van der Waals surface area contributed by atoms with Crippen LogP contribution in [0.25, 0.3) is 0 Å². The second kappa shape index (κ2) is 4.09. The molecule has 0 bridgehead atoms. The molecule has 1 saturated heterocycles. The van der Waals surface area contributed by atoms with Gasteiger partial charge in [0.1, 0.15) is 5.76 Å². The fraction of sp³-hybridized carbons (Fsp3) is 0.571. The van der Waals surface area contributed by atoms with Crippen LogP contribution in [0.1, 0.15) is 0 Å². The SMILES string of the molecule is C=C(OS(=O)(=O)C(F)(F)F)C1CN(C(=O)O)C1. The highest BCUT2D eigenvalue weighted by Gasteiger charge is 2.49. The third kappa shape index (κ3) is 2.81. The maximum Gasteiger partial charge on any atom is 0.534 e. The zero-order chi connectivity index (χ0) is 13.4. The number of alkyl halides is 3. The lowest BCUT2D eigenvalue weighted by atomic mass is 10.00. The van der Waals surface area contributed by atoms with Crippen LogP contribution >= 0.6 is 0 Å². The monoisotopic (exact) mass is 275 g/mol. The first kappa shape index (κ1) is 13.6. The molecular formula is C7H8F3NO5S. The third-order valence-corrected chi connectivity index (χ3v) is 3.11. The van der Waals surface area contributed by atoms with Crippen molar-refractivity contribution in [3.63, 3.8) is 0 Å². The summed E-state index contributed by atoms with van der Waals surface area (Å²) in [7, 11) is -5.72. The first-order chi connectivity index (χ1) is 7.54. The Kier molecular flexibility index (Phi) is 3.28. The number of nitrogens with zero attached hydrogens (tertiary/aromatic N) is 1. The van der Waals surface area contributed by atoms with Crippen LogP contribution in [-0.2, 0) is 14.3 Å². The van der Waals surface area contributed by atoms with Gasteiger partial charge < -0.3 is 14.2 Å². The summed E-state index contributed by atoms with van der Waals surface area (Å²) < 4.78 is 60.7. The van der Waals surface area contributed by atoms with Gasteiger partial charge in [-0.15, -0.1) is 0 Å². The predicted molar refractivity (Wildman–Crippen MR) is 48.3 cm³/mol. The Labute approximate surface area is 94.4 Å². The molecular weight excluding hydrogens is 267 g/mol. The predicted octanol–water partition coefficient (Wildman–Crippen LogP) is 0.976. The molecule has 0 spiro atoms. The summed E-state index contributed by atoms with van der Waals surface area (Å²) in [4.78, 5) is 11.2. The van der Waals surface area contributed by atoms with Crippen molar-refractivity contribution in [2.75, 3.05) is 13.1 Å².